The van der Waals surface area contributed by atoms with Crippen molar-refractivity contribution in [3.8, 4) is 0 Å². The summed E-state index contributed by atoms with van der Waals surface area (Å²) in [7, 11) is 0. The molecule has 2 aromatic rings. The molecule has 0 saturated heterocycles. The van der Waals surface area contributed by atoms with Crippen LogP contribution in [0.5, 0.6) is 0 Å². The van der Waals surface area contributed by atoms with Gasteiger partial charge in [0.05, 0.1) is 12.0 Å². The third-order valence-corrected chi connectivity index (χ3v) is 4.02. The van der Waals surface area contributed by atoms with Gasteiger partial charge in [-0.25, -0.2) is 4.79 Å². The summed E-state index contributed by atoms with van der Waals surface area (Å²) in [6.07, 6.45) is 0.122. The minimum Gasteiger partial charge on any atom is -0.478 e. The molecule has 27 heavy (non-hydrogen) atoms. The normalized spacial score (nSPS) is 11.0. The molecule has 0 fully saturated rings. The van der Waals surface area contributed by atoms with Crippen LogP contribution in [0.15, 0.2) is 42.5 Å². The molecule has 0 saturated carbocycles. The van der Waals surface area contributed by atoms with Crippen molar-refractivity contribution < 1.29 is 19.5 Å². The van der Waals surface area contributed by atoms with Crippen LogP contribution in [0.4, 0.5) is 11.4 Å². The summed E-state index contributed by atoms with van der Waals surface area (Å²) in [5.74, 6) is -1.34. The monoisotopic (exact) mass is 368 g/mol. The summed E-state index contributed by atoms with van der Waals surface area (Å²) >= 11 is 0. The van der Waals surface area contributed by atoms with E-state index in [0.717, 1.165) is 5.56 Å². The van der Waals surface area contributed by atoms with Gasteiger partial charge in [0.25, 0.3) is 0 Å². The Morgan fingerprint density at radius 3 is 2.15 bits per heavy atom. The predicted octanol–water partition coefficient (Wildman–Crippen LogP) is 3.86. The zero-order valence-corrected chi connectivity index (χ0v) is 15.9. The van der Waals surface area contributed by atoms with E-state index in [9.17, 15) is 14.4 Å². The molecule has 0 radical (unpaired) electrons. The lowest BCUT2D eigenvalue weighted by atomic mass is 9.95. The molecule has 0 bridgehead atoms. The van der Waals surface area contributed by atoms with Gasteiger partial charge in [0, 0.05) is 16.8 Å². The number of anilines is 2. The number of benzene rings is 2. The van der Waals surface area contributed by atoms with E-state index in [1.165, 1.54) is 12.1 Å². The number of carboxylic acid groups (broad SMARTS) is 1. The summed E-state index contributed by atoms with van der Waals surface area (Å²) in [5, 5.41) is 14.6. The maximum absolute atomic E-state index is 12.3. The van der Waals surface area contributed by atoms with Gasteiger partial charge in [-0.05, 0) is 42.3 Å². The van der Waals surface area contributed by atoms with E-state index in [4.69, 9.17) is 5.11 Å². The largest absolute Gasteiger partial charge is 0.478 e. The van der Waals surface area contributed by atoms with Crippen molar-refractivity contribution in [3.63, 3.8) is 0 Å². The molecule has 2 amide bonds. The molecule has 0 aliphatic heterocycles. The molecular formula is C21H24N2O4. The summed E-state index contributed by atoms with van der Waals surface area (Å²) < 4.78 is 0. The van der Waals surface area contributed by atoms with Crippen molar-refractivity contribution in [2.24, 2.45) is 5.41 Å². The number of amides is 2. The molecule has 0 spiro atoms. The Kier molecular flexibility index (Phi) is 6.00. The molecule has 0 atom stereocenters. The van der Waals surface area contributed by atoms with E-state index < -0.39 is 11.4 Å². The fourth-order valence-electron chi connectivity index (χ4n) is 2.30. The number of hydrogen-bond donors (Lipinski definition) is 3. The van der Waals surface area contributed by atoms with Gasteiger partial charge < -0.3 is 15.7 Å². The number of carbonyl (C=O) groups excluding carboxylic acids is 2. The fourth-order valence-corrected chi connectivity index (χ4v) is 2.30. The highest BCUT2D eigenvalue weighted by molar-refractivity contribution is 5.97. The lowest BCUT2D eigenvalue weighted by Gasteiger charge is -2.19. The summed E-state index contributed by atoms with van der Waals surface area (Å²) in [5.41, 5.74) is 2.50. The van der Waals surface area contributed by atoms with E-state index in [-0.39, 0.29) is 23.8 Å². The second kappa shape index (κ2) is 8.03. The Hall–Kier alpha value is -3.15. The second-order valence-corrected chi connectivity index (χ2v) is 7.46. The molecular weight excluding hydrogens is 344 g/mol. The highest BCUT2D eigenvalue weighted by Gasteiger charge is 2.21. The van der Waals surface area contributed by atoms with Crippen LogP contribution in [0.3, 0.4) is 0 Å². The van der Waals surface area contributed by atoms with Gasteiger partial charge in [0.2, 0.25) is 11.8 Å². The fraction of sp³-hybridized carbons (Fsp3) is 0.286. The number of hydrogen-bond acceptors (Lipinski definition) is 3. The van der Waals surface area contributed by atoms with E-state index in [2.05, 4.69) is 10.6 Å². The molecule has 2 rings (SSSR count). The molecule has 0 aliphatic rings. The van der Waals surface area contributed by atoms with Crippen molar-refractivity contribution >= 4 is 29.2 Å². The number of carbonyl (C=O) groups is 3. The quantitative estimate of drug-likeness (QED) is 0.747. The number of aryl methyl sites for hydroxylation is 1. The van der Waals surface area contributed by atoms with Crippen LogP contribution < -0.4 is 10.6 Å². The Labute approximate surface area is 158 Å². The van der Waals surface area contributed by atoms with Crippen molar-refractivity contribution in [2.45, 2.75) is 34.1 Å². The first-order valence-corrected chi connectivity index (χ1v) is 8.60. The molecule has 2 aromatic carbocycles. The minimum absolute atomic E-state index is 0.104. The minimum atomic E-state index is -1.00. The van der Waals surface area contributed by atoms with E-state index in [1.54, 1.807) is 24.3 Å². The molecule has 6 heteroatoms. The predicted molar refractivity (Wildman–Crippen MR) is 105 cm³/mol. The van der Waals surface area contributed by atoms with Gasteiger partial charge in [-0.3, -0.25) is 9.59 Å². The van der Waals surface area contributed by atoms with Crippen LogP contribution in [-0.2, 0) is 16.0 Å². The molecule has 0 aliphatic carbocycles. The SMILES string of the molecule is Cc1ccc(NC(=O)Cc2ccc(C(=O)O)cc2)cc1NC(=O)C(C)(C)C. The average molecular weight is 368 g/mol. The highest BCUT2D eigenvalue weighted by atomic mass is 16.4. The van der Waals surface area contributed by atoms with E-state index >= 15 is 0 Å². The van der Waals surface area contributed by atoms with Crippen molar-refractivity contribution in [1.29, 1.82) is 0 Å². The van der Waals surface area contributed by atoms with Crippen LogP contribution in [0.25, 0.3) is 0 Å². The first-order chi connectivity index (χ1) is 12.6. The molecule has 0 unspecified atom stereocenters. The molecule has 0 heterocycles. The lowest BCUT2D eigenvalue weighted by molar-refractivity contribution is -0.123. The van der Waals surface area contributed by atoms with Gasteiger partial charge in [0.1, 0.15) is 0 Å². The van der Waals surface area contributed by atoms with Crippen molar-refractivity contribution in [2.75, 3.05) is 10.6 Å². The van der Waals surface area contributed by atoms with Gasteiger partial charge in [-0.15, -0.1) is 0 Å². The van der Waals surface area contributed by atoms with Crippen molar-refractivity contribution in [1.82, 2.24) is 0 Å². The maximum Gasteiger partial charge on any atom is 0.335 e. The maximum atomic E-state index is 12.3. The smallest absolute Gasteiger partial charge is 0.335 e. The van der Waals surface area contributed by atoms with Crippen molar-refractivity contribution in [3.05, 3.63) is 59.2 Å². The zero-order valence-electron chi connectivity index (χ0n) is 15.9. The first-order valence-electron chi connectivity index (χ1n) is 8.60. The Morgan fingerprint density at radius 1 is 0.963 bits per heavy atom. The number of rotatable bonds is 5. The van der Waals surface area contributed by atoms with Crippen LogP contribution in [-0.4, -0.2) is 22.9 Å². The molecule has 142 valence electrons. The number of carboxylic acids is 1. The number of aromatic carboxylic acids is 1. The van der Waals surface area contributed by atoms with Crippen LogP contribution in [0.1, 0.15) is 42.3 Å². The van der Waals surface area contributed by atoms with E-state index in [1.807, 2.05) is 33.8 Å². The van der Waals surface area contributed by atoms with Gasteiger partial charge >= 0.3 is 5.97 Å². The standard InChI is InChI=1S/C21H24N2O4/c1-13-5-10-16(12-17(13)23-20(27)21(2,3)4)22-18(24)11-14-6-8-15(9-7-14)19(25)26/h5-10,12H,11H2,1-4H3,(H,22,24)(H,23,27)(H,25,26). The summed E-state index contributed by atoms with van der Waals surface area (Å²) in [6.45, 7) is 7.38. The van der Waals surface area contributed by atoms with Gasteiger partial charge in [-0.2, -0.15) is 0 Å². The molecule has 0 aromatic heterocycles. The van der Waals surface area contributed by atoms with Crippen LogP contribution in [0.2, 0.25) is 0 Å². The number of nitrogens with one attached hydrogen (secondary N) is 2. The zero-order chi connectivity index (χ0) is 20.2. The lowest BCUT2D eigenvalue weighted by Crippen LogP contribution is -2.28. The van der Waals surface area contributed by atoms with Gasteiger partial charge in [0.15, 0.2) is 0 Å². The van der Waals surface area contributed by atoms with Crippen LogP contribution in [0, 0.1) is 12.3 Å². The topological polar surface area (TPSA) is 95.5 Å². The second-order valence-electron chi connectivity index (χ2n) is 7.46. The Morgan fingerprint density at radius 2 is 1.59 bits per heavy atom. The third-order valence-electron chi connectivity index (χ3n) is 4.02. The first kappa shape index (κ1) is 20.2. The van der Waals surface area contributed by atoms with Crippen LogP contribution >= 0.6 is 0 Å². The Balaban J connectivity index is 2.06. The third kappa shape index (κ3) is 5.67. The Bertz CT molecular complexity index is 865. The average Bonchev–Trinajstić information content (AvgIpc) is 2.57. The summed E-state index contributed by atoms with van der Waals surface area (Å²) in [6, 6.07) is 11.5. The van der Waals surface area contributed by atoms with E-state index in [0.29, 0.717) is 16.9 Å². The summed E-state index contributed by atoms with van der Waals surface area (Å²) in [4.78, 5) is 35.3. The molecule has 3 N–H and O–H groups in total. The highest BCUT2D eigenvalue weighted by Crippen LogP contribution is 2.23. The van der Waals surface area contributed by atoms with Gasteiger partial charge in [-0.1, -0.05) is 39.0 Å². The molecule has 6 nitrogen and oxygen atoms in total.